The van der Waals surface area contributed by atoms with Gasteiger partial charge < -0.3 is 15.7 Å². The summed E-state index contributed by atoms with van der Waals surface area (Å²) in [6, 6.07) is 2.91. The molecule has 0 saturated heterocycles. The van der Waals surface area contributed by atoms with Crippen LogP contribution in [-0.2, 0) is 6.54 Å². The summed E-state index contributed by atoms with van der Waals surface area (Å²) in [5, 5.41) is 14.3. The summed E-state index contributed by atoms with van der Waals surface area (Å²) in [6.07, 6.45) is 1.44. The van der Waals surface area contributed by atoms with E-state index in [1.807, 2.05) is 6.92 Å². The fourth-order valence-corrected chi connectivity index (χ4v) is 2.12. The van der Waals surface area contributed by atoms with E-state index in [1.165, 1.54) is 12.3 Å². The average Bonchev–Trinajstić information content (AvgIpc) is 2.43. The van der Waals surface area contributed by atoms with E-state index in [4.69, 9.17) is 5.11 Å². The number of carbonyl (C=O) groups is 2. The second kappa shape index (κ2) is 8.42. The Morgan fingerprint density at radius 2 is 2.20 bits per heavy atom. The second-order valence-electron chi connectivity index (χ2n) is 4.24. The van der Waals surface area contributed by atoms with Crippen LogP contribution in [0.25, 0.3) is 0 Å². The van der Waals surface area contributed by atoms with E-state index in [9.17, 15) is 9.59 Å². The van der Waals surface area contributed by atoms with Crippen molar-refractivity contribution in [3.63, 3.8) is 0 Å². The molecule has 1 rings (SSSR count). The van der Waals surface area contributed by atoms with Crippen LogP contribution in [0.2, 0.25) is 0 Å². The van der Waals surface area contributed by atoms with E-state index in [-0.39, 0.29) is 17.8 Å². The van der Waals surface area contributed by atoms with Crippen molar-refractivity contribution in [2.24, 2.45) is 0 Å². The van der Waals surface area contributed by atoms with E-state index in [0.29, 0.717) is 6.54 Å². The third-order valence-corrected chi connectivity index (χ3v) is 3.59. The third-order valence-electron chi connectivity index (χ3n) is 2.45. The first-order chi connectivity index (χ1) is 9.52. The monoisotopic (exact) mass is 297 g/mol. The van der Waals surface area contributed by atoms with Crippen molar-refractivity contribution in [1.29, 1.82) is 0 Å². The Bertz CT molecular complexity index is 451. The normalized spacial score (nSPS) is 11.7. The predicted octanol–water partition coefficient (Wildman–Crippen LogP) is 1.72. The SMILES string of the molecule is CCSCC(C)NC(=O)NCc1ccc(C(=O)O)nc1. The standard InChI is InChI=1S/C13H19N3O3S/c1-3-20-8-9(2)16-13(19)15-7-10-4-5-11(12(17)18)14-6-10/h4-6,9H,3,7-8H2,1-2H3,(H,17,18)(H2,15,16,19). The molecule has 0 aliphatic heterocycles. The minimum Gasteiger partial charge on any atom is -0.477 e. The smallest absolute Gasteiger partial charge is 0.354 e. The summed E-state index contributed by atoms with van der Waals surface area (Å²) >= 11 is 1.77. The van der Waals surface area contributed by atoms with Gasteiger partial charge in [-0.1, -0.05) is 13.0 Å². The molecule has 110 valence electrons. The maximum absolute atomic E-state index is 11.6. The number of carboxylic acids is 1. The zero-order valence-corrected chi connectivity index (χ0v) is 12.4. The molecule has 0 aromatic carbocycles. The predicted molar refractivity (Wildman–Crippen MR) is 79.0 cm³/mol. The summed E-state index contributed by atoms with van der Waals surface area (Å²) in [5.41, 5.74) is 0.740. The van der Waals surface area contributed by atoms with Crippen LogP contribution in [0.15, 0.2) is 18.3 Å². The highest BCUT2D eigenvalue weighted by Crippen LogP contribution is 2.02. The molecular weight excluding hydrogens is 278 g/mol. The highest BCUT2D eigenvalue weighted by molar-refractivity contribution is 7.99. The molecule has 0 spiro atoms. The minimum absolute atomic E-state index is 0.0107. The van der Waals surface area contributed by atoms with Crippen molar-refractivity contribution >= 4 is 23.8 Å². The highest BCUT2D eigenvalue weighted by atomic mass is 32.2. The molecule has 0 radical (unpaired) electrons. The molecule has 1 atom stereocenters. The number of aromatic carboxylic acids is 1. The number of nitrogens with zero attached hydrogens (tertiary/aromatic N) is 1. The molecule has 0 saturated carbocycles. The number of hydrogen-bond acceptors (Lipinski definition) is 4. The molecule has 1 unspecified atom stereocenters. The summed E-state index contributed by atoms with van der Waals surface area (Å²) < 4.78 is 0. The van der Waals surface area contributed by atoms with Crippen LogP contribution in [-0.4, -0.2) is 39.6 Å². The van der Waals surface area contributed by atoms with Crippen molar-refractivity contribution in [2.75, 3.05) is 11.5 Å². The van der Waals surface area contributed by atoms with Crippen molar-refractivity contribution in [3.8, 4) is 0 Å². The lowest BCUT2D eigenvalue weighted by molar-refractivity contribution is 0.0690. The maximum Gasteiger partial charge on any atom is 0.354 e. The molecule has 0 aliphatic carbocycles. The van der Waals surface area contributed by atoms with Crippen LogP contribution in [0.4, 0.5) is 4.79 Å². The van der Waals surface area contributed by atoms with E-state index in [1.54, 1.807) is 17.8 Å². The largest absolute Gasteiger partial charge is 0.477 e. The van der Waals surface area contributed by atoms with Gasteiger partial charge in [0.1, 0.15) is 5.69 Å². The third kappa shape index (κ3) is 5.92. The van der Waals surface area contributed by atoms with Crippen LogP contribution in [0.3, 0.4) is 0 Å². The summed E-state index contributed by atoms with van der Waals surface area (Å²) in [6.45, 7) is 4.34. The first kappa shape index (κ1) is 16.3. The van der Waals surface area contributed by atoms with Crippen molar-refractivity contribution in [1.82, 2.24) is 15.6 Å². The van der Waals surface area contributed by atoms with E-state index >= 15 is 0 Å². The first-order valence-corrected chi connectivity index (χ1v) is 7.48. The number of aromatic nitrogens is 1. The maximum atomic E-state index is 11.6. The van der Waals surface area contributed by atoms with Crippen molar-refractivity contribution in [2.45, 2.75) is 26.4 Å². The fourth-order valence-electron chi connectivity index (χ4n) is 1.45. The first-order valence-electron chi connectivity index (χ1n) is 6.33. The quantitative estimate of drug-likeness (QED) is 0.713. The van der Waals surface area contributed by atoms with Crippen LogP contribution in [0.5, 0.6) is 0 Å². The molecule has 0 aliphatic rings. The molecule has 20 heavy (non-hydrogen) atoms. The summed E-state index contributed by atoms with van der Waals surface area (Å²) in [7, 11) is 0. The molecule has 6 nitrogen and oxygen atoms in total. The number of urea groups is 1. The average molecular weight is 297 g/mol. The second-order valence-corrected chi connectivity index (χ2v) is 5.56. The lowest BCUT2D eigenvalue weighted by atomic mass is 10.2. The molecule has 0 fully saturated rings. The van der Waals surface area contributed by atoms with E-state index < -0.39 is 5.97 Å². The number of nitrogens with one attached hydrogen (secondary N) is 2. The number of amides is 2. The van der Waals surface area contributed by atoms with Gasteiger partial charge in [0.05, 0.1) is 0 Å². The molecule has 1 aromatic heterocycles. The van der Waals surface area contributed by atoms with Crippen molar-refractivity contribution < 1.29 is 14.7 Å². The summed E-state index contributed by atoms with van der Waals surface area (Å²) in [4.78, 5) is 26.0. The van der Waals surface area contributed by atoms with Gasteiger partial charge in [-0.05, 0) is 24.3 Å². The number of rotatable bonds is 7. The Morgan fingerprint density at radius 1 is 1.45 bits per heavy atom. The number of thioether (sulfide) groups is 1. The van der Waals surface area contributed by atoms with Gasteiger partial charge in [-0.2, -0.15) is 11.8 Å². The van der Waals surface area contributed by atoms with E-state index in [0.717, 1.165) is 17.1 Å². The van der Waals surface area contributed by atoms with Crippen LogP contribution in [0.1, 0.15) is 29.9 Å². The topological polar surface area (TPSA) is 91.3 Å². The van der Waals surface area contributed by atoms with Gasteiger partial charge in [-0.25, -0.2) is 14.6 Å². The van der Waals surface area contributed by atoms with Gasteiger partial charge in [0.25, 0.3) is 0 Å². The molecule has 3 N–H and O–H groups in total. The van der Waals surface area contributed by atoms with Gasteiger partial charge in [-0.15, -0.1) is 0 Å². The molecule has 2 amide bonds. The summed E-state index contributed by atoms with van der Waals surface area (Å²) in [5.74, 6) is 0.832. The lowest BCUT2D eigenvalue weighted by Gasteiger charge is -2.13. The number of carbonyl (C=O) groups excluding carboxylic acids is 1. The van der Waals surface area contributed by atoms with Crippen LogP contribution in [0, 0.1) is 0 Å². The molecule has 1 aromatic rings. The van der Waals surface area contributed by atoms with Gasteiger partial charge in [0, 0.05) is 24.5 Å². The Labute approximate surface area is 122 Å². The Balaban J connectivity index is 2.35. The zero-order chi connectivity index (χ0) is 15.0. The van der Waals surface area contributed by atoms with Crippen molar-refractivity contribution in [3.05, 3.63) is 29.6 Å². The number of carboxylic acid groups (broad SMARTS) is 1. The molecular formula is C13H19N3O3S. The van der Waals surface area contributed by atoms with E-state index in [2.05, 4.69) is 22.5 Å². The molecule has 1 heterocycles. The fraction of sp³-hybridized carbons (Fsp3) is 0.462. The lowest BCUT2D eigenvalue weighted by Crippen LogP contribution is -2.41. The Kier molecular flexibility index (Phi) is 6.86. The van der Waals surface area contributed by atoms with Gasteiger partial charge in [0.15, 0.2) is 0 Å². The van der Waals surface area contributed by atoms with Gasteiger partial charge in [-0.3, -0.25) is 0 Å². The minimum atomic E-state index is -1.07. The van der Waals surface area contributed by atoms with Crippen LogP contribution >= 0.6 is 11.8 Å². The molecule has 7 heteroatoms. The molecule has 0 bridgehead atoms. The Hall–Kier alpha value is -1.76. The highest BCUT2D eigenvalue weighted by Gasteiger charge is 2.07. The van der Waals surface area contributed by atoms with Gasteiger partial charge >= 0.3 is 12.0 Å². The Morgan fingerprint density at radius 3 is 2.75 bits per heavy atom. The van der Waals surface area contributed by atoms with Gasteiger partial charge in [0.2, 0.25) is 0 Å². The van der Waals surface area contributed by atoms with Crippen LogP contribution < -0.4 is 10.6 Å². The number of hydrogen-bond donors (Lipinski definition) is 3. The number of pyridine rings is 1. The zero-order valence-electron chi connectivity index (χ0n) is 11.5.